The SMILES string of the molecule is O=C(c1cc(Cl)ccc1O)N1CCN(C2CCOC2)CC1. The topological polar surface area (TPSA) is 53.0 Å². The number of hydrogen-bond acceptors (Lipinski definition) is 4. The Labute approximate surface area is 129 Å². The highest BCUT2D eigenvalue weighted by molar-refractivity contribution is 6.31. The van der Waals surface area contributed by atoms with E-state index in [0.29, 0.717) is 24.2 Å². The molecular formula is C15H19ClN2O3. The van der Waals surface area contributed by atoms with Gasteiger partial charge in [-0.1, -0.05) is 11.6 Å². The second-order valence-electron chi connectivity index (χ2n) is 5.51. The van der Waals surface area contributed by atoms with Crippen molar-refractivity contribution in [3.63, 3.8) is 0 Å². The molecule has 1 aromatic carbocycles. The summed E-state index contributed by atoms with van der Waals surface area (Å²) in [6.07, 6.45) is 1.07. The van der Waals surface area contributed by atoms with Crippen molar-refractivity contribution in [1.82, 2.24) is 9.80 Å². The zero-order chi connectivity index (χ0) is 14.8. The van der Waals surface area contributed by atoms with Gasteiger partial charge in [0.05, 0.1) is 12.2 Å². The highest BCUT2D eigenvalue weighted by atomic mass is 35.5. The van der Waals surface area contributed by atoms with Crippen LogP contribution in [-0.2, 0) is 4.74 Å². The van der Waals surface area contributed by atoms with Crippen molar-refractivity contribution in [2.45, 2.75) is 12.5 Å². The molecule has 0 aromatic heterocycles. The van der Waals surface area contributed by atoms with Crippen molar-refractivity contribution in [3.05, 3.63) is 28.8 Å². The van der Waals surface area contributed by atoms with Crippen LogP contribution in [0.25, 0.3) is 0 Å². The number of phenols is 1. The number of piperazine rings is 1. The van der Waals surface area contributed by atoms with Crippen LogP contribution in [0.4, 0.5) is 0 Å². The molecule has 3 rings (SSSR count). The first kappa shape index (κ1) is 14.6. The Hall–Kier alpha value is -1.30. The minimum atomic E-state index is -0.155. The summed E-state index contributed by atoms with van der Waals surface area (Å²) in [6, 6.07) is 5.05. The van der Waals surface area contributed by atoms with E-state index in [1.54, 1.807) is 11.0 Å². The van der Waals surface area contributed by atoms with E-state index in [2.05, 4.69) is 4.90 Å². The average molecular weight is 311 g/mol. The smallest absolute Gasteiger partial charge is 0.257 e. The molecule has 5 nitrogen and oxygen atoms in total. The van der Waals surface area contributed by atoms with Crippen LogP contribution in [0.3, 0.4) is 0 Å². The number of carbonyl (C=O) groups excluding carboxylic acids is 1. The first-order valence-electron chi connectivity index (χ1n) is 7.25. The van der Waals surface area contributed by atoms with E-state index < -0.39 is 0 Å². The lowest BCUT2D eigenvalue weighted by atomic mass is 10.1. The van der Waals surface area contributed by atoms with E-state index in [0.717, 1.165) is 32.7 Å². The van der Waals surface area contributed by atoms with Gasteiger partial charge >= 0.3 is 0 Å². The Morgan fingerprint density at radius 2 is 2.05 bits per heavy atom. The number of carbonyl (C=O) groups is 1. The van der Waals surface area contributed by atoms with Crippen LogP contribution in [0.1, 0.15) is 16.8 Å². The van der Waals surface area contributed by atoms with Crippen LogP contribution in [0.2, 0.25) is 5.02 Å². The summed E-state index contributed by atoms with van der Waals surface area (Å²) in [5, 5.41) is 10.3. The molecule has 1 aromatic rings. The maximum absolute atomic E-state index is 12.5. The molecule has 21 heavy (non-hydrogen) atoms. The summed E-state index contributed by atoms with van der Waals surface area (Å²) in [5.74, 6) is -0.173. The normalized spacial score (nSPS) is 23.5. The zero-order valence-electron chi connectivity index (χ0n) is 11.8. The van der Waals surface area contributed by atoms with Gasteiger partial charge in [-0.3, -0.25) is 9.69 Å². The fraction of sp³-hybridized carbons (Fsp3) is 0.533. The van der Waals surface area contributed by atoms with Gasteiger partial charge in [0.15, 0.2) is 0 Å². The van der Waals surface area contributed by atoms with Crippen LogP contribution in [-0.4, -0.2) is 66.2 Å². The molecule has 1 amide bonds. The Morgan fingerprint density at radius 3 is 2.71 bits per heavy atom. The number of phenolic OH excluding ortho intramolecular Hbond substituents is 1. The van der Waals surface area contributed by atoms with Crippen molar-refractivity contribution in [2.75, 3.05) is 39.4 Å². The third-order valence-corrected chi connectivity index (χ3v) is 4.45. The minimum Gasteiger partial charge on any atom is -0.507 e. The van der Waals surface area contributed by atoms with Crippen molar-refractivity contribution in [1.29, 1.82) is 0 Å². The second-order valence-corrected chi connectivity index (χ2v) is 5.94. The van der Waals surface area contributed by atoms with Crippen LogP contribution >= 0.6 is 11.6 Å². The molecule has 1 atom stereocenters. The maximum atomic E-state index is 12.5. The fourth-order valence-electron chi connectivity index (χ4n) is 2.95. The van der Waals surface area contributed by atoms with E-state index in [9.17, 15) is 9.90 Å². The van der Waals surface area contributed by atoms with E-state index in [4.69, 9.17) is 16.3 Å². The molecule has 0 aliphatic carbocycles. The van der Waals surface area contributed by atoms with Crippen LogP contribution in [0, 0.1) is 0 Å². The number of halogens is 1. The van der Waals surface area contributed by atoms with Gasteiger partial charge in [0.2, 0.25) is 0 Å². The van der Waals surface area contributed by atoms with Crippen molar-refractivity contribution < 1.29 is 14.6 Å². The second kappa shape index (κ2) is 6.22. The minimum absolute atomic E-state index is 0.0176. The highest BCUT2D eigenvalue weighted by Gasteiger charge is 2.29. The summed E-state index contributed by atoms with van der Waals surface area (Å²) >= 11 is 5.91. The van der Waals surface area contributed by atoms with Crippen LogP contribution < -0.4 is 0 Å². The van der Waals surface area contributed by atoms with Gasteiger partial charge in [-0.15, -0.1) is 0 Å². The van der Waals surface area contributed by atoms with Gasteiger partial charge in [0.1, 0.15) is 5.75 Å². The third kappa shape index (κ3) is 3.15. The number of amides is 1. The molecule has 6 heteroatoms. The lowest BCUT2D eigenvalue weighted by Gasteiger charge is -2.37. The summed E-state index contributed by atoms with van der Waals surface area (Å²) in [6.45, 7) is 4.66. The van der Waals surface area contributed by atoms with E-state index in [-0.39, 0.29) is 17.2 Å². The molecule has 0 bridgehead atoms. The molecular weight excluding hydrogens is 292 g/mol. The number of benzene rings is 1. The molecule has 2 aliphatic rings. The quantitative estimate of drug-likeness (QED) is 0.901. The molecule has 2 saturated heterocycles. The van der Waals surface area contributed by atoms with Crippen LogP contribution in [0.5, 0.6) is 5.75 Å². The number of aromatic hydroxyl groups is 1. The molecule has 0 spiro atoms. The summed E-state index contributed by atoms with van der Waals surface area (Å²) in [4.78, 5) is 16.6. The number of rotatable bonds is 2. The van der Waals surface area contributed by atoms with Gasteiger partial charge in [0.25, 0.3) is 5.91 Å². The fourth-order valence-corrected chi connectivity index (χ4v) is 3.12. The van der Waals surface area contributed by atoms with Gasteiger partial charge in [0, 0.05) is 43.9 Å². The van der Waals surface area contributed by atoms with Gasteiger partial charge in [-0.2, -0.15) is 0 Å². The van der Waals surface area contributed by atoms with E-state index in [1.807, 2.05) is 0 Å². The molecule has 0 saturated carbocycles. The Morgan fingerprint density at radius 1 is 1.29 bits per heavy atom. The lowest BCUT2D eigenvalue weighted by Crippen LogP contribution is -2.52. The molecule has 2 heterocycles. The monoisotopic (exact) mass is 310 g/mol. The van der Waals surface area contributed by atoms with E-state index >= 15 is 0 Å². The van der Waals surface area contributed by atoms with Crippen LogP contribution in [0.15, 0.2) is 18.2 Å². The van der Waals surface area contributed by atoms with Gasteiger partial charge in [-0.05, 0) is 24.6 Å². The molecule has 2 fully saturated rings. The predicted octanol–water partition coefficient (Wildman–Crippen LogP) is 1.59. The van der Waals surface area contributed by atoms with Crippen molar-refractivity contribution in [3.8, 4) is 5.75 Å². The zero-order valence-corrected chi connectivity index (χ0v) is 12.6. The highest BCUT2D eigenvalue weighted by Crippen LogP contribution is 2.24. The third-order valence-electron chi connectivity index (χ3n) is 4.21. The summed E-state index contributed by atoms with van der Waals surface area (Å²) in [7, 11) is 0. The molecule has 1 unspecified atom stereocenters. The largest absolute Gasteiger partial charge is 0.507 e. The molecule has 0 radical (unpaired) electrons. The predicted molar refractivity (Wildman–Crippen MR) is 79.8 cm³/mol. The first-order valence-corrected chi connectivity index (χ1v) is 7.62. The lowest BCUT2D eigenvalue weighted by molar-refractivity contribution is 0.0547. The Bertz CT molecular complexity index is 524. The average Bonchev–Trinajstić information content (AvgIpc) is 3.03. The number of ether oxygens (including phenoxy) is 1. The molecule has 114 valence electrons. The number of nitrogens with zero attached hydrogens (tertiary/aromatic N) is 2. The Balaban J connectivity index is 1.63. The maximum Gasteiger partial charge on any atom is 0.257 e. The number of hydrogen-bond donors (Lipinski definition) is 1. The first-order chi connectivity index (χ1) is 10.1. The Kier molecular flexibility index (Phi) is 4.33. The van der Waals surface area contributed by atoms with Crippen molar-refractivity contribution >= 4 is 17.5 Å². The van der Waals surface area contributed by atoms with Gasteiger partial charge < -0.3 is 14.7 Å². The standard InChI is InChI=1S/C15H19ClN2O3/c16-11-1-2-14(19)13(9-11)15(20)18-6-4-17(5-7-18)12-3-8-21-10-12/h1-2,9,12,19H,3-8,10H2. The summed E-state index contributed by atoms with van der Waals surface area (Å²) < 4.78 is 5.41. The van der Waals surface area contributed by atoms with E-state index in [1.165, 1.54) is 12.1 Å². The molecule has 1 N–H and O–H groups in total. The van der Waals surface area contributed by atoms with Gasteiger partial charge in [-0.25, -0.2) is 0 Å². The van der Waals surface area contributed by atoms with Crippen molar-refractivity contribution in [2.24, 2.45) is 0 Å². The summed E-state index contributed by atoms with van der Waals surface area (Å²) in [5.41, 5.74) is 0.278. The molecule has 2 aliphatic heterocycles.